The van der Waals surface area contributed by atoms with Crippen LogP contribution >= 0.6 is 12.2 Å². The summed E-state index contributed by atoms with van der Waals surface area (Å²) in [7, 11) is 0. The molecule has 29 heavy (non-hydrogen) atoms. The third-order valence-electron chi connectivity index (χ3n) is 4.38. The van der Waals surface area contributed by atoms with Crippen LogP contribution < -0.4 is 14.8 Å². The van der Waals surface area contributed by atoms with Crippen LogP contribution in [0.15, 0.2) is 48.2 Å². The van der Waals surface area contributed by atoms with Gasteiger partial charge in [0.15, 0.2) is 16.6 Å². The molecule has 0 bridgehead atoms. The zero-order chi connectivity index (χ0) is 20.8. The van der Waals surface area contributed by atoms with Gasteiger partial charge in [-0.1, -0.05) is 18.2 Å². The fourth-order valence-corrected chi connectivity index (χ4v) is 3.28. The second kappa shape index (κ2) is 9.52. The van der Waals surface area contributed by atoms with Crippen molar-refractivity contribution in [3.63, 3.8) is 0 Å². The molecule has 1 aliphatic heterocycles. The fourth-order valence-electron chi connectivity index (χ4n) is 2.99. The van der Waals surface area contributed by atoms with Crippen LogP contribution in [0.2, 0.25) is 0 Å². The lowest BCUT2D eigenvalue weighted by molar-refractivity contribution is -0.122. The molecule has 1 amide bonds. The molecule has 1 N–H and O–H groups in total. The van der Waals surface area contributed by atoms with E-state index in [0.29, 0.717) is 48.5 Å². The lowest BCUT2D eigenvalue weighted by Gasteiger charge is -2.15. The quantitative estimate of drug-likeness (QED) is 0.524. The Bertz CT molecular complexity index is 928. The number of ether oxygens (including phenoxy) is 2. The zero-order valence-electron chi connectivity index (χ0n) is 16.4. The van der Waals surface area contributed by atoms with Gasteiger partial charge in [0, 0.05) is 6.54 Å². The summed E-state index contributed by atoms with van der Waals surface area (Å²) in [6.45, 7) is 5.38. The smallest absolute Gasteiger partial charge is 0.276 e. The first kappa shape index (κ1) is 20.8. The van der Waals surface area contributed by atoms with E-state index >= 15 is 0 Å². The minimum absolute atomic E-state index is 0.199. The van der Waals surface area contributed by atoms with Crippen molar-refractivity contribution >= 4 is 29.3 Å². The molecule has 1 saturated heterocycles. The third kappa shape index (κ3) is 5.12. The van der Waals surface area contributed by atoms with Gasteiger partial charge in [0.2, 0.25) is 0 Å². The van der Waals surface area contributed by atoms with Gasteiger partial charge >= 0.3 is 0 Å². The summed E-state index contributed by atoms with van der Waals surface area (Å²) >= 11 is 5.32. The summed E-state index contributed by atoms with van der Waals surface area (Å²) in [5.74, 6) is 0.876. The van der Waals surface area contributed by atoms with Crippen LogP contribution in [-0.4, -0.2) is 35.7 Å². The average molecular weight is 415 g/mol. The van der Waals surface area contributed by atoms with Crippen LogP contribution in [-0.2, 0) is 11.2 Å². The third-order valence-corrected chi connectivity index (χ3v) is 4.70. The molecule has 0 aromatic heterocycles. The van der Waals surface area contributed by atoms with E-state index in [9.17, 15) is 9.18 Å². The highest BCUT2D eigenvalue weighted by atomic mass is 32.1. The lowest BCUT2D eigenvalue weighted by atomic mass is 10.1. The van der Waals surface area contributed by atoms with Gasteiger partial charge in [0.05, 0.1) is 13.2 Å². The molecule has 3 rings (SSSR count). The molecule has 2 aromatic carbocycles. The molecule has 0 unspecified atom stereocenters. The SMILES string of the molecule is CCOc1ccc(CCN2C(=O)/C(=C\c3ccc(F)cc3)NC2=S)cc1OCC. The van der Waals surface area contributed by atoms with Gasteiger partial charge in [-0.05, 0) is 74.0 Å². The molecule has 0 atom stereocenters. The Labute approximate surface area is 175 Å². The number of halogens is 1. The number of hydrogen-bond donors (Lipinski definition) is 1. The fraction of sp³-hybridized carbons (Fsp3) is 0.273. The Hall–Kier alpha value is -2.93. The number of carbonyl (C=O) groups is 1. The highest BCUT2D eigenvalue weighted by molar-refractivity contribution is 7.80. The van der Waals surface area contributed by atoms with Gasteiger partial charge in [0.25, 0.3) is 5.91 Å². The molecule has 0 saturated carbocycles. The lowest BCUT2D eigenvalue weighted by Crippen LogP contribution is -2.32. The molecule has 5 nitrogen and oxygen atoms in total. The highest BCUT2D eigenvalue weighted by Gasteiger charge is 2.30. The first-order chi connectivity index (χ1) is 14.0. The van der Waals surface area contributed by atoms with Crippen molar-refractivity contribution in [3.05, 3.63) is 65.1 Å². The second-order valence-electron chi connectivity index (χ2n) is 6.39. The molecular weight excluding hydrogens is 391 g/mol. The van der Waals surface area contributed by atoms with E-state index in [2.05, 4.69) is 5.32 Å². The summed E-state index contributed by atoms with van der Waals surface area (Å²) < 4.78 is 24.3. The topological polar surface area (TPSA) is 50.8 Å². The first-order valence-electron chi connectivity index (χ1n) is 9.50. The number of rotatable bonds is 8. The molecule has 0 spiro atoms. The van der Waals surface area contributed by atoms with E-state index in [1.54, 1.807) is 18.2 Å². The van der Waals surface area contributed by atoms with Crippen molar-refractivity contribution in [2.75, 3.05) is 19.8 Å². The maximum absolute atomic E-state index is 13.1. The van der Waals surface area contributed by atoms with Crippen LogP contribution in [0.4, 0.5) is 4.39 Å². The standard InChI is InChI=1S/C22H23FN2O3S/c1-3-27-19-10-7-16(14-20(19)28-4-2)11-12-25-21(26)18(24-22(25)29)13-15-5-8-17(23)9-6-15/h5-10,13-14H,3-4,11-12H2,1-2H3,(H,24,29)/b18-13+. The molecule has 7 heteroatoms. The molecule has 1 fully saturated rings. The maximum atomic E-state index is 13.1. The Morgan fingerprint density at radius 2 is 1.76 bits per heavy atom. The number of thiocarbonyl (C=S) groups is 1. The van der Waals surface area contributed by atoms with Gasteiger partial charge in [-0.2, -0.15) is 0 Å². The summed E-state index contributed by atoms with van der Waals surface area (Å²) in [6, 6.07) is 11.7. The van der Waals surface area contributed by atoms with Crippen LogP contribution in [0.25, 0.3) is 6.08 Å². The predicted octanol–water partition coefficient (Wildman–Crippen LogP) is 3.92. The highest BCUT2D eigenvalue weighted by Crippen LogP contribution is 2.29. The van der Waals surface area contributed by atoms with Crippen molar-refractivity contribution < 1.29 is 18.7 Å². The van der Waals surface area contributed by atoms with Crippen LogP contribution in [0, 0.1) is 5.82 Å². The van der Waals surface area contributed by atoms with E-state index in [4.69, 9.17) is 21.7 Å². The van der Waals surface area contributed by atoms with Crippen LogP contribution in [0.5, 0.6) is 11.5 Å². The first-order valence-corrected chi connectivity index (χ1v) is 9.91. The van der Waals surface area contributed by atoms with Gasteiger partial charge in [0.1, 0.15) is 11.5 Å². The van der Waals surface area contributed by atoms with Crippen molar-refractivity contribution in [2.24, 2.45) is 0 Å². The van der Waals surface area contributed by atoms with Gasteiger partial charge < -0.3 is 14.8 Å². The Balaban J connectivity index is 1.69. The molecule has 1 aliphatic rings. The normalized spacial score (nSPS) is 15.0. The monoisotopic (exact) mass is 414 g/mol. The molecule has 1 heterocycles. The predicted molar refractivity (Wildman–Crippen MR) is 114 cm³/mol. The van der Waals surface area contributed by atoms with E-state index in [-0.39, 0.29) is 11.7 Å². The number of hydrogen-bond acceptors (Lipinski definition) is 4. The summed E-state index contributed by atoms with van der Waals surface area (Å²) in [5, 5.41) is 3.30. The average Bonchev–Trinajstić information content (AvgIpc) is 2.97. The van der Waals surface area contributed by atoms with Gasteiger partial charge in [-0.3, -0.25) is 9.69 Å². The zero-order valence-corrected chi connectivity index (χ0v) is 17.2. The Kier molecular flexibility index (Phi) is 6.82. The van der Waals surface area contributed by atoms with Crippen molar-refractivity contribution in [2.45, 2.75) is 20.3 Å². The summed E-state index contributed by atoms with van der Waals surface area (Å²) in [4.78, 5) is 14.2. The minimum Gasteiger partial charge on any atom is -0.490 e. The van der Waals surface area contributed by atoms with Gasteiger partial charge in [-0.25, -0.2) is 4.39 Å². The molecular formula is C22H23FN2O3S. The van der Waals surface area contributed by atoms with Crippen LogP contribution in [0.3, 0.4) is 0 Å². The Morgan fingerprint density at radius 3 is 2.45 bits per heavy atom. The number of carbonyl (C=O) groups excluding carboxylic acids is 1. The molecule has 0 radical (unpaired) electrons. The van der Waals surface area contributed by atoms with E-state index in [1.807, 2.05) is 32.0 Å². The van der Waals surface area contributed by atoms with Crippen LogP contribution in [0.1, 0.15) is 25.0 Å². The number of amides is 1. The minimum atomic E-state index is -0.322. The van der Waals surface area contributed by atoms with E-state index in [0.717, 1.165) is 11.1 Å². The second-order valence-corrected chi connectivity index (χ2v) is 6.78. The molecule has 2 aromatic rings. The number of benzene rings is 2. The maximum Gasteiger partial charge on any atom is 0.276 e. The van der Waals surface area contributed by atoms with Crippen molar-refractivity contribution in [1.82, 2.24) is 10.2 Å². The van der Waals surface area contributed by atoms with Crippen molar-refractivity contribution in [3.8, 4) is 11.5 Å². The summed E-state index contributed by atoms with van der Waals surface area (Å²) in [5.41, 5.74) is 2.12. The number of nitrogens with one attached hydrogen (secondary N) is 1. The molecule has 0 aliphatic carbocycles. The van der Waals surface area contributed by atoms with E-state index < -0.39 is 0 Å². The van der Waals surface area contributed by atoms with Crippen molar-refractivity contribution in [1.29, 1.82) is 0 Å². The largest absolute Gasteiger partial charge is 0.490 e. The van der Waals surface area contributed by atoms with Gasteiger partial charge in [-0.15, -0.1) is 0 Å². The molecule has 152 valence electrons. The number of nitrogens with zero attached hydrogens (tertiary/aromatic N) is 1. The Morgan fingerprint density at radius 1 is 1.07 bits per heavy atom. The summed E-state index contributed by atoms with van der Waals surface area (Å²) in [6.07, 6.45) is 2.28. The van der Waals surface area contributed by atoms with E-state index in [1.165, 1.54) is 17.0 Å².